The average molecular weight is 844 g/mol. The van der Waals surface area contributed by atoms with Crippen LogP contribution in [-0.2, 0) is 14.3 Å². The molecular formula is C54H101NO5. The van der Waals surface area contributed by atoms with Crippen LogP contribution >= 0.6 is 0 Å². The second-order valence-corrected chi connectivity index (χ2v) is 17.9. The highest BCUT2D eigenvalue weighted by Crippen LogP contribution is 2.18. The summed E-state index contributed by atoms with van der Waals surface area (Å²) in [5.74, 6) is -0.502. The molecule has 0 saturated carbocycles. The number of hydrogen-bond acceptors (Lipinski definition) is 5. The number of carbonyl (C=O) groups is 2. The summed E-state index contributed by atoms with van der Waals surface area (Å²) in [5, 5.41) is 23.8. The molecule has 0 aromatic heterocycles. The molecule has 0 aliphatic heterocycles. The van der Waals surface area contributed by atoms with E-state index in [9.17, 15) is 19.8 Å². The third-order valence-electron chi connectivity index (χ3n) is 12.0. The highest BCUT2D eigenvalue weighted by atomic mass is 16.5. The molecule has 0 rings (SSSR count). The van der Waals surface area contributed by atoms with Gasteiger partial charge in [0.25, 0.3) is 0 Å². The van der Waals surface area contributed by atoms with Crippen molar-refractivity contribution in [2.75, 3.05) is 6.61 Å². The Hall–Kier alpha value is -1.92. The Bertz CT molecular complexity index is 993. The van der Waals surface area contributed by atoms with Gasteiger partial charge in [0, 0.05) is 6.42 Å². The smallest absolute Gasteiger partial charge is 0.306 e. The summed E-state index contributed by atoms with van der Waals surface area (Å²) < 4.78 is 5.91. The summed E-state index contributed by atoms with van der Waals surface area (Å²) >= 11 is 0. The second kappa shape index (κ2) is 48.1. The number of aliphatic hydroxyl groups excluding tert-OH is 2. The fraction of sp³-hybridized carbons (Fsp3) is 0.852. The van der Waals surface area contributed by atoms with Crippen molar-refractivity contribution in [2.24, 2.45) is 0 Å². The Morgan fingerprint density at radius 2 is 0.850 bits per heavy atom. The summed E-state index contributed by atoms with van der Waals surface area (Å²) in [4.78, 5) is 26.1. The van der Waals surface area contributed by atoms with E-state index in [1.54, 1.807) is 0 Å². The predicted molar refractivity (Wildman–Crippen MR) is 259 cm³/mol. The molecule has 0 aromatic carbocycles. The van der Waals surface area contributed by atoms with Gasteiger partial charge in [-0.15, -0.1) is 0 Å². The molecule has 0 saturated heterocycles. The van der Waals surface area contributed by atoms with Crippen LogP contribution in [0, 0.1) is 0 Å². The minimum absolute atomic E-state index is 0.0554. The molecule has 6 nitrogen and oxygen atoms in total. The number of carbonyl (C=O) groups excluding carboxylic acids is 2. The zero-order valence-electron chi connectivity index (χ0n) is 40.1. The molecule has 3 unspecified atom stereocenters. The first kappa shape index (κ1) is 58.1. The van der Waals surface area contributed by atoms with Gasteiger partial charge in [0.15, 0.2) is 0 Å². The molecule has 0 aliphatic carbocycles. The highest BCUT2D eigenvalue weighted by molar-refractivity contribution is 5.77. The topological polar surface area (TPSA) is 95.9 Å². The Morgan fingerprint density at radius 3 is 1.30 bits per heavy atom. The van der Waals surface area contributed by atoms with Crippen LogP contribution in [0.15, 0.2) is 36.5 Å². The Labute approximate surface area is 373 Å². The molecule has 0 fully saturated rings. The molecule has 0 bridgehead atoms. The number of nitrogens with one attached hydrogen (secondary N) is 1. The number of amides is 1. The van der Waals surface area contributed by atoms with Gasteiger partial charge in [-0.1, -0.05) is 231 Å². The van der Waals surface area contributed by atoms with E-state index in [0.717, 1.165) is 70.6 Å². The van der Waals surface area contributed by atoms with Gasteiger partial charge in [-0.25, -0.2) is 0 Å². The van der Waals surface area contributed by atoms with E-state index in [1.165, 1.54) is 154 Å². The van der Waals surface area contributed by atoms with Crippen LogP contribution in [0.1, 0.15) is 271 Å². The van der Waals surface area contributed by atoms with E-state index in [0.29, 0.717) is 19.3 Å². The van der Waals surface area contributed by atoms with Crippen molar-refractivity contribution in [2.45, 2.75) is 289 Å². The molecule has 0 spiro atoms. The summed E-state index contributed by atoms with van der Waals surface area (Å²) in [7, 11) is 0. The lowest BCUT2D eigenvalue weighted by atomic mass is 10.0. The maximum atomic E-state index is 13.2. The van der Waals surface area contributed by atoms with Gasteiger partial charge in [0.2, 0.25) is 5.91 Å². The standard InChI is InChI=1S/C54H101NO5/c1-4-7-10-13-16-19-22-24-26-28-31-33-36-39-42-45-50(60-54(59)47-44-41-38-35-30-21-18-15-12-9-6-3)48-53(58)55-51(49-56)52(57)46-43-40-37-34-32-29-27-25-23-20-17-14-11-8-5-2/h16,19,24,26,31,33,50-52,56-57H,4-15,17-18,20-23,25,27-30,32,34-49H2,1-3H3,(H,55,58)/b19-16-,26-24-,33-31-. The van der Waals surface area contributed by atoms with Crippen LogP contribution in [-0.4, -0.2) is 46.9 Å². The molecule has 0 aliphatic rings. The Balaban J connectivity index is 4.59. The maximum absolute atomic E-state index is 13.2. The van der Waals surface area contributed by atoms with Gasteiger partial charge < -0.3 is 20.3 Å². The highest BCUT2D eigenvalue weighted by Gasteiger charge is 2.24. The molecule has 352 valence electrons. The molecule has 1 amide bonds. The second-order valence-electron chi connectivity index (χ2n) is 17.9. The molecular weight excluding hydrogens is 743 g/mol. The predicted octanol–water partition coefficient (Wildman–Crippen LogP) is 15.7. The maximum Gasteiger partial charge on any atom is 0.306 e. The zero-order valence-corrected chi connectivity index (χ0v) is 40.1. The van der Waals surface area contributed by atoms with Crippen molar-refractivity contribution < 1.29 is 24.5 Å². The van der Waals surface area contributed by atoms with Gasteiger partial charge in [-0.2, -0.15) is 0 Å². The Kier molecular flexibility index (Phi) is 46.6. The lowest BCUT2D eigenvalue weighted by molar-refractivity contribution is -0.151. The monoisotopic (exact) mass is 844 g/mol. The summed E-state index contributed by atoms with van der Waals surface area (Å²) in [5.41, 5.74) is 0. The third-order valence-corrected chi connectivity index (χ3v) is 12.0. The molecule has 6 heteroatoms. The number of allylic oxidation sites excluding steroid dienone is 6. The summed E-state index contributed by atoms with van der Waals surface area (Å²) in [6.07, 6.45) is 56.3. The van der Waals surface area contributed by atoms with Crippen LogP contribution in [0.5, 0.6) is 0 Å². The van der Waals surface area contributed by atoms with Crippen molar-refractivity contribution in [3.63, 3.8) is 0 Å². The minimum atomic E-state index is -0.795. The number of hydrogen-bond donors (Lipinski definition) is 3. The SMILES string of the molecule is CCCCC/C=C\C/C=C\C/C=C\CCCCC(CC(=O)NC(CO)C(O)CCCCCCCCCCCCCCCCC)OC(=O)CCCCCCCCCCCCC. The van der Waals surface area contributed by atoms with Gasteiger partial charge in [-0.3, -0.25) is 9.59 Å². The van der Waals surface area contributed by atoms with Crippen LogP contribution < -0.4 is 5.32 Å². The molecule has 0 radical (unpaired) electrons. The van der Waals surface area contributed by atoms with Gasteiger partial charge in [-0.05, 0) is 64.2 Å². The average Bonchev–Trinajstić information content (AvgIpc) is 3.24. The van der Waals surface area contributed by atoms with E-state index in [2.05, 4.69) is 62.5 Å². The Morgan fingerprint density at radius 1 is 0.483 bits per heavy atom. The van der Waals surface area contributed by atoms with Crippen molar-refractivity contribution in [1.82, 2.24) is 5.32 Å². The van der Waals surface area contributed by atoms with Crippen molar-refractivity contribution in [3.05, 3.63) is 36.5 Å². The fourth-order valence-corrected chi connectivity index (χ4v) is 7.97. The van der Waals surface area contributed by atoms with E-state index in [-0.39, 0.29) is 24.9 Å². The first-order chi connectivity index (χ1) is 29.5. The molecule has 0 aromatic rings. The molecule has 0 heterocycles. The third kappa shape index (κ3) is 42.8. The number of esters is 1. The van der Waals surface area contributed by atoms with Crippen LogP contribution in [0.25, 0.3) is 0 Å². The van der Waals surface area contributed by atoms with Crippen LogP contribution in [0.2, 0.25) is 0 Å². The van der Waals surface area contributed by atoms with E-state index >= 15 is 0 Å². The van der Waals surface area contributed by atoms with Gasteiger partial charge in [0.1, 0.15) is 6.10 Å². The number of aliphatic hydroxyl groups is 2. The number of rotatable bonds is 47. The number of unbranched alkanes of at least 4 members (excludes halogenated alkanes) is 29. The normalized spacial score (nSPS) is 13.5. The quantitative estimate of drug-likeness (QED) is 0.0322. The van der Waals surface area contributed by atoms with E-state index in [1.807, 2.05) is 0 Å². The van der Waals surface area contributed by atoms with Crippen molar-refractivity contribution in [1.29, 1.82) is 0 Å². The lowest BCUT2D eigenvalue weighted by Crippen LogP contribution is -2.46. The minimum Gasteiger partial charge on any atom is -0.462 e. The lowest BCUT2D eigenvalue weighted by Gasteiger charge is -2.24. The molecule has 3 atom stereocenters. The van der Waals surface area contributed by atoms with Crippen LogP contribution in [0.3, 0.4) is 0 Å². The van der Waals surface area contributed by atoms with E-state index < -0.39 is 18.2 Å². The first-order valence-electron chi connectivity index (χ1n) is 26.2. The van der Waals surface area contributed by atoms with Gasteiger partial charge >= 0.3 is 5.97 Å². The summed E-state index contributed by atoms with van der Waals surface area (Å²) in [6, 6.07) is -0.710. The largest absolute Gasteiger partial charge is 0.462 e. The summed E-state index contributed by atoms with van der Waals surface area (Å²) in [6.45, 7) is 6.45. The molecule has 3 N–H and O–H groups in total. The molecule has 60 heavy (non-hydrogen) atoms. The first-order valence-corrected chi connectivity index (χ1v) is 26.2. The zero-order chi connectivity index (χ0) is 43.8. The van der Waals surface area contributed by atoms with Gasteiger partial charge in [0.05, 0.1) is 25.2 Å². The van der Waals surface area contributed by atoms with Crippen LogP contribution in [0.4, 0.5) is 0 Å². The van der Waals surface area contributed by atoms with Crippen molar-refractivity contribution >= 4 is 11.9 Å². The number of ether oxygens (including phenoxy) is 1. The van der Waals surface area contributed by atoms with Crippen molar-refractivity contribution in [3.8, 4) is 0 Å². The van der Waals surface area contributed by atoms with E-state index in [4.69, 9.17) is 4.74 Å². The fourth-order valence-electron chi connectivity index (χ4n) is 7.97.